The SMILES string of the molecule is C=CC(CCC=C=CC)C(=O)NC. The van der Waals surface area contributed by atoms with E-state index in [9.17, 15) is 4.79 Å². The lowest BCUT2D eigenvalue weighted by Gasteiger charge is -2.07. The monoisotopic (exact) mass is 179 g/mol. The highest BCUT2D eigenvalue weighted by molar-refractivity contribution is 5.79. The number of hydrogen-bond donors (Lipinski definition) is 1. The van der Waals surface area contributed by atoms with Gasteiger partial charge >= 0.3 is 0 Å². The molecule has 0 aliphatic heterocycles. The Hall–Kier alpha value is -1.27. The molecule has 1 N–H and O–H groups in total. The average Bonchev–Trinajstić information content (AvgIpc) is 2.17. The Balaban J connectivity index is 3.92. The number of hydrogen-bond acceptors (Lipinski definition) is 1. The van der Waals surface area contributed by atoms with Crippen molar-refractivity contribution < 1.29 is 4.79 Å². The number of allylic oxidation sites excluding steroid dienone is 1. The molecule has 0 aromatic heterocycles. The molecule has 0 fully saturated rings. The van der Waals surface area contributed by atoms with E-state index in [1.165, 1.54) is 0 Å². The molecular weight excluding hydrogens is 162 g/mol. The van der Waals surface area contributed by atoms with Gasteiger partial charge in [0.05, 0.1) is 5.92 Å². The van der Waals surface area contributed by atoms with Crippen LogP contribution in [0, 0.1) is 5.92 Å². The van der Waals surface area contributed by atoms with Crippen LogP contribution in [0.4, 0.5) is 0 Å². The zero-order chi connectivity index (χ0) is 10.1. The third kappa shape index (κ3) is 5.05. The van der Waals surface area contributed by atoms with Gasteiger partial charge in [-0.15, -0.1) is 12.3 Å². The fraction of sp³-hybridized carbons (Fsp3) is 0.455. The summed E-state index contributed by atoms with van der Waals surface area (Å²) in [6, 6.07) is 0. The van der Waals surface area contributed by atoms with Crippen molar-refractivity contribution >= 4 is 5.91 Å². The second-order valence-electron chi connectivity index (χ2n) is 2.69. The maximum Gasteiger partial charge on any atom is 0.226 e. The van der Waals surface area contributed by atoms with Crippen LogP contribution in [0.5, 0.6) is 0 Å². The smallest absolute Gasteiger partial charge is 0.226 e. The highest BCUT2D eigenvalue weighted by Crippen LogP contribution is 2.07. The third-order valence-electron chi connectivity index (χ3n) is 1.77. The first-order chi connectivity index (χ1) is 6.26. The molecule has 72 valence electrons. The van der Waals surface area contributed by atoms with Crippen molar-refractivity contribution in [3.05, 3.63) is 30.5 Å². The molecule has 1 atom stereocenters. The van der Waals surface area contributed by atoms with E-state index in [0.29, 0.717) is 0 Å². The van der Waals surface area contributed by atoms with Crippen LogP contribution in [-0.2, 0) is 4.79 Å². The average molecular weight is 179 g/mol. The third-order valence-corrected chi connectivity index (χ3v) is 1.77. The van der Waals surface area contributed by atoms with Crippen LogP contribution in [-0.4, -0.2) is 13.0 Å². The van der Waals surface area contributed by atoms with Gasteiger partial charge in [0.2, 0.25) is 5.91 Å². The molecule has 0 bridgehead atoms. The van der Waals surface area contributed by atoms with Gasteiger partial charge in [-0.1, -0.05) is 6.08 Å². The number of carbonyl (C=O) groups is 1. The minimum absolute atomic E-state index is 0.0314. The number of amides is 1. The van der Waals surface area contributed by atoms with Crippen LogP contribution in [0.2, 0.25) is 0 Å². The summed E-state index contributed by atoms with van der Waals surface area (Å²) in [6.07, 6.45) is 7.11. The van der Waals surface area contributed by atoms with Crippen LogP contribution < -0.4 is 5.32 Å². The highest BCUT2D eigenvalue weighted by atomic mass is 16.1. The molecule has 0 heterocycles. The predicted molar refractivity (Wildman–Crippen MR) is 55.3 cm³/mol. The Labute approximate surface area is 80.0 Å². The standard InChI is InChI=1S/C11H17NO/c1-4-6-7-8-9-10(5-2)11(13)12-3/h4-5,7,10H,2,8-9H2,1,3H3,(H,12,13). The summed E-state index contributed by atoms with van der Waals surface area (Å²) in [7, 11) is 1.64. The van der Waals surface area contributed by atoms with Gasteiger partial charge < -0.3 is 5.32 Å². The van der Waals surface area contributed by atoms with E-state index in [1.54, 1.807) is 13.1 Å². The lowest BCUT2D eigenvalue weighted by atomic mass is 10.0. The van der Waals surface area contributed by atoms with Gasteiger partial charge in [-0.05, 0) is 31.9 Å². The molecule has 0 rings (SSSR count). The molecule has 2 heteroatoms. The topological polar surface area (TPSA) is 29.1 Å². The minimum atomic E-state index is -0.0834. The normalized spacial score (nSPS) is 10.9. The van der Waals surface area contributed by atoms with Crippen molar-refractivity contribution in [3.63, 3.8) is 0 Å². The first kappa shape index (κ1) is 11.7. The summed E-state index contributed by atoms with van der Waals surface area (Å²) in [5.41, 5.74) is 2.97. The Morgan fingerprint density at radius 3 is 2.85 bits per heavy atom. The molecule has 0 saturated heterocycles. The second kappa shape index (κ2) is 7.38. The van der Waals surface area contributed by atoms with Gasteiger partial charge in [0.15, 0.2) is 0 Å². The summed E-state index contributed by atoms with van der Waals surface area (Å²) >= 11 is 0. The number of carbonyl (C=O) groups excluding carboxylic acids is 1. The van der Waals surface area contributed by atoms with Crippen molar-refractivity contribution in [1.82, 2.24) is 5.32 Å². The molecular formula is C11H17NO. The maximum atomic E-state index is 11.2. The van der Waals surface area contributed by atoms with Crippen LogP contribution in [0.3, 0.4) is 0 Å². The quantitative estimate of drug-likeness (QED) is 0.508. The zero-order valence-electron chi connectivity index (χ0n) is 8.34. The second-order valence-corrected chi connectivity index (χ2v) is 2.69. The van der Waals surface area contributed by atoms with E-state index >= 15 is 0 Å². The summed E-state index contributed by atoms with van der Waals surface area (Å²) in [6.45, 7) is 5.54. The van der Waals surface area contributed by atoms with Gasteiger partial charge in [0.25, 0.3) is 0 Å². The largest absolute Gasteiger partial charge is 0.359 e. The molecule has 13 heavy (non-hydrogen) atoms. The van der Waals surface area contributed by atoms with Crippen molar-refractivity contribution in [3.8, 4) is 0 Å². The van der Waals surface area contributed by atoms with E-state index in [-0.39, 0.29) is 11.8 Å². The molecule has 0 aromatic carbocycles. The molecule has 0 radical (unpaired) electrons. The summed E-state index contributed by atoms with van der Waals surface area (Å²) in [5, 5.41) is 2.60. The van der Waals surface area contributed by atoms with Crippen LogP contribution >= 0.6 is 0 Å². The van der Waals surface area contributed by atoms with E-state index in [2.05, 4.69) is 17.6 Å². The van der Waals surface area contributed by atoms with Gasteiger partial charge in [-0.3, -0.25) is 4.79 Å². The van der Waals surface area contributed by atoms with Crippen molar-refractivity contribution in [2.45, 2.75) is 19.8 Å². The lowest BCUT2D eigenvalue weighted by molar-refractivity contribution is -0.123. The lowest BCUT2D eigenvalue weighted by Crippen LogP contribution is -2.25. The first-order valence-electron chi connectivity index (χ1n) is 4.46. The van der Waals surface area contributed by atoms with Gasteiger partial charge in [0.1, 0.15) is 0 Å². The molecule has 0 aromatic rings. The fourth-order valence-corrected chi connectivity index (χ4v) is 1.01. The summed E-state index contributed by atoms with van der Waals surface area (Å²) in [5.74, 6) is -0.0521. The summed E-state index contributed by atoms with van der Waals surface area (Å²) < 4.78 is 0. The van der Waals surface area contributed by atoms with E-state index in [1.807, 2.05) is 19.1 Å². The minimum Gasteiger partial charge on any atom is -0.359 e. The van der Waals surface area contributed by atoms with E-state index < -0.39 is 0 Å². The Bertz CT molecular complexity index is 224. The highest BCUT2D eigenvalue weighted by Gasteiger charge is 2.10. The molecule has 0 aliphatic carbocycles. The first-order valence-corrected chi connectivity index (χ1v) is 4.46. The van der Waals surface area contributed by atoms with Crippen LogP contribution in [0.15, 0.2) is 30.5 Å². The zero-order valence-corrected chi connectivity index (χ0v) is 8.34. The van der Waals surface area contributed by atoms with Crippen LogP contribution in [0.25, 0.3) is 0 Å². The fourth-order valence-electron chi connectivity index (χ4n) is 1.01. The maximum absolute atomic E-state index is 11.2. The van der Waals surface area contributed by atoms with Gasteiger partial charge in [-0.25, -0.2) is 0 Å². The molecule has 1 unspecified atom stereocenters. The van der Waals surface area contributed by atoms with Crippen molar-refractivity contribution in [1.29, 1.82) is 0 Å². The molecule has 1 amide bonds. The molecule has 0 spiro atoms. The molecule has 0 saturated carbocycles. The van der Waals surface area contributed by atoms with Crippen molar-refractivity contribution in [2.75, 3.05) is 7.05 Å². The Morgan fingerprint density at radius 2 is 2.38 bits per heavy atom. The number of nitrogens with one attached hydrogen (secondary N) is 1. The molecule has 2 nitrogen and oxygen atoms in total. The summed E-state index contributed by atoms with van der Waals surface area (Å²) in [4.78, 5) is 11.2. The Kier molecular flexibility index (Phi) is 6.66. The van der Waals surface area contributed by atoms with Crippen LogP contribution in [0.1, 0.15) is 19.8 Å². The number of rotatable bonds is 5. The van der Waals surface area contributed by atoms with E-state index in [0.717, 1.165) is 12.8 Å². The predicted octanol–water partition coefficient (Wildman–Crippen LogP) is 2.05. The van der Waals surface area contributed by atoms with Gasteiger partial charge in [0, 0.05) is 7.05 Å². The molecule has 0 aliphatic rings. The van der Waals surface area contributed by atoms with Crippen molar-refractivity contribution in [2.24, 2.45) is 5.92 Å². The Morgan fingerprint density at radius 1 is 1.69 bits per heavy atom. The van der Waals surface area contributed by atoms with E-state index in [4.69, 9.17) is 0 Å². The van der Waals surface area contributed by atoms with Gasteiger partial charge in [-0.2, -0.15) is 0 Å².